The van der Waals surface area contributed by atoms with E-state index in [1.165, 1.54) is 5.56 Å². The maximum absolute atomic E-state index is 13.5. The molecule has 1 amide bonds. The minimum atomic E-state index is -0.0200. The average Bonchev–Trinajstić information content (AvgIpc) is 3.68. The van der Waals surface area contributed by atoms with Crippen LogP contribution in [0.15, 0.2) is 67.0 Å². The molecule has 4 aromatic rings. The van der Waals surface area contributed by atoms with Gasteiger partial charge in [-0.15, -0.1) is 0 Å². The van der Waals surface area contributed by atoms with Crippen molar-refractivity contribution in [2.75, 3.05) is 20.3 Å². The van der Waals surface area contributed by atoms with Gasteiger partial charge in [0, 0.05) is 36.1 Å². The molecule has 0 atom stereocenters. The minimum Gasteiger partial charge on any atom is -0.495 e. The Bertz CT molecular complexity index is 1450. The van der Waals surface area contributed by atoms with Gasteiger partial charge in [0.25, 0.3) is 5.91 Å². The van der Waals surface area contributed by atoms with E-state index in [4.69, 9.17) is 31.2 Å². The summed E-state index contributed by atoms with van der Waals surface area (Å²) in [5.74, 6) is 2.97. The molecule has 0 saturated heterocycles. The number of hydrogen-bond acceptors (Lipinski definition) is 6. The van der Waals surface area contributed by atoms with E-state index in [1.54, 1.807) is 19.5 Å². The third-order valence-corrected chi connectivity index (χ3v) is 7.86. The summed E-state index contributed by atoms with van der Waals surface area (Å²) < 4.78 is 13.1. The summed E-state index contributed by atoms with van der Waals surface area (Å²) >= 11 is 6.46. The molecule has 0 spiro atoms. The summed E-state index contributed by atoms with van der Waals surface area (Å²) in [6.45, 7) is 5.28. The van der Waals surface area contributed by atoms with Crippen LogP contribution in [0.25, 0.3) is 22.8 Å². The van der Waals surface area contributed by atoms with Crippen LogP contribution in [0.1, 0.15) is 51.0 Å². The van der Waals surface area contributed by atoms with Gasteiger partial charge in [0.05, 0.1) is 18.7 Å². The SMILES string of the molecule is COc1ccc(-c2nc(-c3ccncc3)nn2CCN(C(=O)COc2ccc(C(C)C)cc2)C2CCCC2)cc1Cl. The Morgan fingerprint density at radius 3 is 2.44 bits per heavy atom. The number of ether oxygens (including phenoxy) is 2. The van der Waals surface area contributed by atoms with E-state index >= 15 is 0 Å². The number of methoxy groups -OCH3 is 1. The van der Waals surface area contributed by atoms with Gasteiger partial charge >= 0.3 is 0 Å². The smallest absolute Gasteiger partial charge is 0.260 e. The molecular weight excluding hydrogens is 538 g/mol. The first-order valence-electron chi connectivity index (χ1n) is 14.1. The Morgan fingerprint density at radius 2 is 1.78 bits per heavy atom. The molecule has 2 heterocycles. The van der Waals surface area contributed by atoms with Crippen LogP contribution < -0.4 is 9.47 Å². The highest BCUT2D eigenvalue weighted by Crippen LogP contribution is 2.31. The largest absolute Gasteiger partial charge is 0.495 e. The predicted octanol–water partition coefficient (Wildman–Crippen LogP) is 6.64. The van der Waals surface area contributed by atoms with Crippen LogP contribution in [0.3, 0.4) is 0 Å². The van der Waals surface area contributed by atoms with Gasteiger partial charge < -0.3 is 14.4 Å². The maximum atomic E-state index is 13.5. The molecule has 1 fully saturated rings. The fraction of sp³-hybridized carbons (Fsp3) is 0.375. The molecule has 1 aliphatic rings. The average molecular weight is 574 g/mol. The second-order valence-electron chi connectivity index (χ2n) is 10.6. The molecule has 2 aromatic heterocycles. The lowest BCUT2D eigenvalue weighted by atomic mass is 10.0. The van der Waals surface area contributed by atoms with Gasteiger partial charge in [0.15, 0.2) is 18.3 Å². The number of rotatable bonds is 11. The fourth-order valence-electron chi connectivity index (χ4n) is 5.25. The molecule has 9 heteroatoms. The van der Waals surface area contributed by atoms with Crippen molar-refractivity contribution in [3.63, 3.8) is 0 Å². The van der Waals surface area contributed by atoms with Crippen LogP contribution in [-0.2, 0) is 11.3 Å². The summed E-state index contributed by atoms with van der Waals surface area (Å²) in [5.41, 5.74) is 2.92. The number of carbonyl (C=O) groups is 1. The highest BCUT2D eigenvalue weighted by Gasteiger charge is 2.27. The van der Waals surface area contributed by atoms with Gasteiger partial charge in [0.2, 0.25) is 0 Å². The van der Waals surface area contributed by atoms with Crippen molar-refractivity contribution in [1.82, 2.24) is 24.6 Å². The second kappa shape index (κ2) is 13.2. The van der Waals surface area contributed by atoms with Crippen LogP contribution in [0, 0.1) is 0 Å². The molecule has 8 nitrogen and oxygen atoms in total. The predicted molar refractivity (Wildman–Crippen MR) is 160 cm³/mol. The molecule has 0 bridgehead atoms. The van der Waals surface area contributed by atoms with Crippen molar-refractivity contribution in [1.29, 1.82) is 0 Å². The van der Waals surface area contributed by atoms with Crippen molar-refractivity contribution in [2.45, 2.75) is 58.0 Å². The first kappa shape index (κ1) is 28.6. The number of pyridine rings is 1. The number of aromatic nitrogens is 4. The molecule has 214 valence electrons. The first-order chi connectivity index (χ1) is 19.9. The number of benzene rings is 2. The van der Waals surface area contributed by atoms with Gasteiger partial charge in [-0.3, -0.25) is 9.78 Å². The summed E-state index contributed by atoms with van der Waals surface area (Å²) in [7, 11) is 1.59. The number of hydrogen-bond donors (Lipinski definition) is 0. The lowest BCUT2D eigenvalue weighted by Crippen LogP contribution is -2.43. The molecule has 1 aliphatic carbocycles. The number of nitrogens with zero attached hydrogens (tertiary/aromatic N) is 5. The van der Waals surface area contributed by atoms with Crippen LogP contribution in [0.4, 0.5) is 0 Å². The lowest BCUT2D eigenvalue weighted by Gasteiger charge is -2.29. The van der Waals surface area contributed by atoms with Gasteiger partial charge in [-0.2, -0.15) is 5.10 Å². The molecule has 0 N–H and O–H groups in total. The van der Waals surface area contributed by atoms with Crippen molar-refractivity contribution in [2.24, 2.45) is 0 Å². The molecule has 0 unspecified atom stereocenters. The summed E-state index contributed by atoms with van der Waals surface area (Å²) in [4.78, 5) is 24.5. The quantitative estimate of drug-likeness (QED) is 0.200. The number of carbonyl (C=O) groups excluding carboxylic acids is 1. The second-order valence-corrected chi connectivity index (χ2v) is 11.0. The van der Waals surface area contributed by atoms with Crippen LogP contribution in [-0.4, -0.2) is 56.9 Å². The first-order valence-corrected chi connectivity index (χ1v) is 14.5. The molecule has 2 aromatic carbocycles. The van der Waals surface area contributed by atoms with E-state index in [0.29, 0.717) is 47.2 Å². The van der Waals surface area contributed by atoms with E-state index in [2.05, 4.69) is 31.0 Å². The van der Waals surface area contributed by atoms with E-state index in [9.17, 15) is 4.79 Å². The molecular formula is C32H36ClN5O3. The number of amides is 1. The van der Waals surface area contributed by atoms with Crippen LogP contribution in [0.5, 0.6) is 11.5 Å². The van der Waals surface area contributed by atoms with Gasteiger partial charge in [0.1, 0.15) is 11.5 Å². The Labute approximate surface area is 246 Å². The molecule has 5 rings (SSSR count). The monoisotopic (exact) mass is 573 g/mol. The Hall–Kier alpha value is -3.91. The van der Waals surface area contributed by atoms with Crippen molar-refractivity contribution in [3.05, 3.63) is 77.6 Å². The molecule has 0 radical (unpaired) electrons. The minimum absolute atomic E-state index is 0.00189. The highest BCUT2D eigenvalue weighted by molar-refractivity contribution is 6.32. The van der Waals surface area contributed by atoms with E-state index < -0.39 is 0 Å². The zero-order valence-electron chi connectivity index (χ0n) is 23.8. The Morgan fingerprint density at radius 1 is 1.05 bits per heavy atom. The van der Waals surface area contributed by atoms with Crippen molar-refractivity contribution < 1.29 is 14.3 Å². The summed E-state index contributed by atoms with van der Waals surface area (Å²) in [6, 6.07) is 17.5. The van der Waals surface area contributed by atoms with Gasteiger partial charge in [-0.1, -0.05) is 50.4 Å². The van der Waals surface area contributed by atoms with Crippen molar-refractivity contribution in [3.8, 4) is 34.3 Å². The standard InChI is InChI=1S/C32H36ClN5O3/c1-22(2)23-8-11-27(12-9-23)41-21-30(39)37(26-6-4-5-7-26)18-19-38-32(25-10-13-29(40-3)28(33)20-25)35-31(36-38)24-14-16-34-17-15-24/h8-17,20,22,26H,4-7,18-19,21H2,1-3H3. The third-order valence-electron chi connectivity index (χ3n) is 7.57. The Balaban J connectivity index is 1.37. The van der Waals surface area contributed by atoms with Crippen LogP contribution >= 0.6 is 11.6 Å². The molecule has 1 saturated carbocycles. The lowest BCUT2D eigenvalue weighted by molar-refractivity contribution is -0.135. The fourth-order valence-corrected chi connectivity index (χ4v) is 5.50. The van der Waals surface area contributed by atoms with Crippen LogP contribution in [0.2, 0.25) is 5.02 Å². The van der Waals surface area contributed by atoms with Gasteiger partial charge in [-0.25, -0.2) is 9.67 Å². The maximum Gasteiger partial charge on any atom is 0.260 e. The molecule has 41 heavy (non-hydrogen) atoms. The molecule has 0 aliphatic heterocycles. The Kier molecular flexibility index (Phi) is 9.19. The summed E-state index contributed by atoms with van der Waals surface area (Å²) in [6.07, 6.45) is 7.67. The normalized spacial score (nSPS) is 13.5. The topological polar surface area (TPSA) is 82.4 Å². The third kappa shape index (κ3) is 6.88. The van der Waals surface area contributed by atoms with E-state index in [0.717, 1.165) is 36.8 Å². The van der Waals surface area contributed by atoms with Crippen molar-refractivity contribution >= 4 is 17.5 Å². The zero-order chi connectivity index (χ0) is 28.8. The number of halogens is 1. The van der Waals surface area contributed by atoms with E-state index in [-0.39, 0.29) is 18.6 Å². The summed E-state index contributed by atoms with van der Waals surface area (Å²) in [5, 5.41) is 5.33. The van der Waals surface area contributed by atoms with E-state index in [1.807, 2.05) is 52.0 Å². The highest BCUT2D eigenvalue weighted by atomic mass is 35.5. The van der Waals surface area contributed by atoms with Gasteiger partial charge in [-0.05, 0) is 66.8 Å². The zero-order valence-corrected chi connectivity index (χ0v) is 24.6.